The first kappa shape index (κ1) is 14.9. The fraction of sp³-hybridized carbons (Fsp3) is 0.118. The van der Waals surface area contributed by atoms with Gasteiger partial charge in [0.15, 0.2) is 0 Å². The van der Waals surface area contributed by atoms with E-state index in [-0.39, 0.29) is 5.56 Å². The predicted octanol–water partition coefficient (Wildman–Crippen LogP) is 2.95. The van der Waals surface area contributed by atoms with Crippen LogP contribution in [0.15, 0.2) is 51.9 Å². The number of aryl methyl sites for hydroxylation is 2. The molecule has 0 bridgehead atoms. The maximum atomic E-state index is 13.0. The third-order valence-corrected chi connectivity index (χ3v) is 3.54. The minimum Gasteiger partial charge on any atom is -0.361 e. The lowest BCUT2D eigenvalue weighted by atomic mass is 10.1. The van der Waals surface area contributed by atoms with Crippen molar-refractivity contribution in [1.29, 1.82) is 0 Å². The molecule has 0 saturated heterocycles. The second-order valence-electron chi connectivity index (χ2n) is 5.14. The van der Waals surface area contributed by atoms with Crippen molar-refractivity contribution in [3.8, 4) is 11.1 Å². The van der Waals surface area contributed by atoms with Crippen LogP contribution in [-0.4, -0.2) is 15.6 Å². The Bertz CT molecular complexity index is 920. The lowest BCUT2D eigenvalue weighted by molar-refractivity contribution is 0.0956. The first-order valence-electron chi connectivity index (χ1n) is 6.93. The van der Waals surface area contributed by atoms with Crippen molar-refractivity contribution in [1.82, 2.24) is 9.72 Å². The van der Waals surface area contributed by atoms with Gasteiger partial charge in [-0.25, -0.2) is 8.96 Å². The predicted molar refractivity (Wildman–Crippen MR) is 81.8 cm³/mol. The van der Waals surface area contributed by atoms with Gasteiger partial charge < -0.3 is 4.52 Å². The summed E-state index contributed by atoms with van der Waals surface area (Å²) in [5.41, 5.74) is 1.82. The Balaban J connectivity index is 2.10. The topological polar surface area (TPSA) is 65.1 Å². The number of hydrogen-bond acceptors (Lipinski definition) is 4. The zero-order chi connectivity index (χ0) is 16.6. The highest BCUT2D eigenvalue weighted by molar-refractivity contribution is 5.96. The molecule has 0 saturated carbocycles. The van der Waals surface area contributed by atoms with Gasteiger partial charge in [0.1, 0.15) is 11.6 Å². The van der Waals surface area contributed by atoms with E-state index < -0.39 is 17.3 Å². The smallest absolute Gasteiger partial charge is 0.264 e. The Morgan fingerprint density at radius 3 is 2.43 bits per heavy atom. The molecular weight excluding hydrogens is 299 g/mol. The Morgan fingerprint density at radius 1 is 1.13 bits per heavy atom. The van der Waals surface area contributed by atoms with Crippen LogP contribution in [0.4, 0.5) is 4.39 Å². The number of halogens is 1. The molecule has 0 radical (unpaired) electrons. The minimum absolute atomic E-state index is 0.226. The van der Waals surface area contributed by atoms with E-state index >= 15 is 0 Å². The number of pyridine rings is 1. The van der Waals surface area contributed by atoms with E-state index in [2.05, 4.69) is 5.16 Å². The average Bonchev–Trinajstić information content (AvgIpc) is 2.87. The van der Waals surface area contributed by atoms with Crippen LogP contribution in [0, 0.1) is 19.7 Å². The number of hydrogen-bond donors (Lipinski definition) is 0. The Hall–Kier alpha value is -3.02. The highest BCUT2D eigenvalue weighted by atomic mass is 19.1. The van der Waals surface area contributed by atoms with Crippen LogP contribution in [0.3, 0.4) is 0 Å². The molecule has 2 aromatic heterocycles. The zero-order valence-corrected chi connectivity index (χ0v) is 12.5. The van der Waals surface area contributed by atoms with Crippen LogP contribution in [0.2, 0.25) is 0 Å². The molecule has 0 amide bonds. The van der Waals surface area contributed by atoms with Crippen LogP contribution >= 0.6 is 0 Å². The molecule has 0 N–H and O–H groups in total. The molecule has 0 aliphatic rings. The quantitative estimate of drug-likeness (QED) is 0.730. The summed E-state index contributed by atoms with van der Waals surface area (Å²) in [5, 5.41) is 3.87. The largest absolute Gasteiger partial charge is 0.361 e. The van der Waals surface area contributed by atoms with Gasteiger partial charge in [-0.15, -0.1) is 0 Å². The highest BCUT2D eigenvalue weighted by Gasteiger charge is 2.15. The summed E-state index contributed by atoms with van der Waals surface area (Å²) >= 11 is 0. The molecular formula is C17H13FN2O3. The third-order valence-electron chi connectivity index (χ3n) is 3.54. The summed E-state index contributed by atoms with van der Waals surface area (Å²) in [4.78, 5) is 24.5. The minimum atomic E-state index is -0.524. The summed E-state index contributed by atoms with van der Waals surface area (Å²) in [6, 6.07) is 7.96. The van der Waals surface area contributed by atoms with Crippen LogP contribution in [0.5, 0.6) is 0 Å². The molecule has 0 aliphatic carbocycles. The Kier molecular flexibility index (Phi) is 3.65. The van der Waals surface area contributed by atoms with E-state index in [4.69, 9.17) is 4.52 Å². The number of rotatable bonds is 2. The van der Waals surface area contributed by atoms with E-state index in [0.29, 0.717) is 17.0 Å². The molecule has 1 aromatic carbocycles. The van der Waals surface area contributed by atoms with Gasteiger partial charge in [0.05, 0.1) is 5.69 Å². The Morgan fingerprint density at radius 2 is 1.83 bits per heavy atom. The van der Waals surface area contributed by atoms with Gasteiger partial charge in [0, 0.05) is 29.0 Å². The van der Waals surface area contributed by atoms with Crippen LogP contribution in [-0.2, 0) is 0 Å². The number of nitrogens with zero attached hydrogens (tertiary/aromatic N) is 2. The lowest BCUT2D eigenvalue weighted by Crippen LogP contribution is -2.26. The van der Waals surface area contributed by atoms with Crippen molar-refractivity contribution in [3.63, 3.8) is 0 Å². The molecule has 0 aliphatic heterocycles. The van der Waals surface area contributed by atoms with Crippen LogP contribution in [0.1, 0.15) is 21.8 Å². The average molecular weight is 312 g/mol. The SMILES string of the molecule is Cc1noc(C)c1-c1ccc(=O)n(C(=O)c2ccc(F)cc2)c1. The molecule has 3 rings (SSSR count). The molecule has 116 valence electrons. The molecule has 0 fully saturated rings. The molecule has 3 aromatic rings. The Labute approximate surface area is 131 Å². The van der Waals surface area contributed by atoms with Crippen LogP contribution in [0.25, 0.3) is 11.1 Å². The van der Waals surface area contributed by atoms with Gasteiger partial charge in [-0.1, -0.05) is 5.16 Å². The monoisotopic (exact) mass is 312 g/mol. The van der Waals surface area contributed by atoms with E-state index in [1.165, 1.54) is 36.5 Å². The first-order chi connectivity index (χ1) is 11.0. The molecule has 2 heterocycles. The fourth-order valence-corrected chi connectivity index (χ4v) is 2.42. The number of benzene rings is 1. The van der Waals surface area contributed by atoms with Gasteiger partial charge >= 0.3 is 0 Å². The normalized spacial score (nSPS) is 10.7. The summed E-state index contributed by atoms with van der Waals surface area (Å²) in [5.74, 6) is -0.371. The number of carbonyl (C=O) groups excluding carboxylic acids is 1. The number of aromatic nitrogens is 2. The van der Waals surface area contributed by atoms with Gasteiger partial charge in [0.2, 0.25) is 0 Å². The van der Waals surface area contributed by atoms with Crippen molar-refractivity contribution < 1.29 is 13.7 Å². The summed E-state index contributed by atoms with van der Waals surface area (Å²) in [6.07, 6.45) is 1.44. The molecule has 6 heteroatoms. The van der Waals surface area contributed by atoms with Crippen molar-refractivity contribution in [3.05, 3.63) is 75.8 Å². The van der Waals surface area contributed by atoms with Crippen LogP contribution < -0.4 is 5.56 Å². The third kappa shape index (κ3) is 2.70. The van der Waals surface area contributed by atoms with E-state index in [1.54, 1.807) is 19.9 Å². The van der Waals surface area contributed by atoms with Crippen molar-refractivity contribution >= 4 is 5.91 Å². The molecule has 5 nitrogen and oxygen atoms in total. The fourth-order valence-electron chi connectivity index (χ4n) is 2.42. The van der Waals surface area contributed by atoms with Crippen molar-refractivity contribution in [2.45, 2.75) is 13.8 Å². The van der Waals surface area contributed by atoms with Gasteiger partial charge in [0.25, 0.3) is 11.5 Å². The van der Waals surface area contributed by atoms with E-state index in [0.717, 1.165) is 10.1 Å². The second kappa shape index (κ2) is 5.64. The van der Waals surface area contributed by atoms with Crippen molar-refractivity contribution in [2.75, 3.05) is 0 Å². The van der Waals surface area contributed by atoms with E-state index in [9.17, 15) is 14.0 Å². The summed E-state index contributed by atoms with van der Waals surface area (Å²) in [7, 11) is 0. The summed E-state index contributed by atoms with van der Waals surface area (Å²) in [6.45, 7) is 3.54. The summed E-state index contributed by atoms with van der Waals surface area (Å²) < 4.78 is 19.1. The lowest BCUT2D eigenvalue weighted by Gasteiger charge is -2.07. The maximum absolute atomic E-state index is 13.0. The molecule has 0 spiro atoms. The van der Waals surface area contributed by atoms with Gasteiger partial charge in [-0.3, -0.25) is 9.59 Å². The maximum Gasteiger partial charge on any atom is 0.264 e. The second-order valence-corrected chi connectivity index (χ2v) is 5.14. The molecule has 0 unspecified atom stereocenters. The van der Waals surface area contributed by atoms with Gasteiger partial charge in [-0.05, 0) is 44.2 Å². The molecule has 23 heavy (non-hydrogen) atoms. The van der Waals surface area contributed by atoms with E-state index in [1.807, 2.05) is 0 Å². The first-order valence-corrected chi connectivity index (χ1v) is 6.93. The van der Waals surface area contributed by atoms with Crippen molar-refractivity contribution in [2.24, 2.45) is 0 Å². The van der Waals surface area contributed by atoms with Gasteiger partial charge in [-0.2, -0.15) is 0 Å². The molecule has 0 atom stereocenters. The zero-order valence-electron chi connectivity index (χ0n) is 12.5. The highest BCUT2D eigenvalue weighted by Crippen LogP contribution is 2.25. The standard InChI is InChI=1S/C17H13FN2O3/c1-10-16(11(2)23-19-10)13-5-8-15(21)20(9-13)17(22)12-3-6-14(18)7-4-12/h3-9H,1-2H3. The number of carbonyl (C=O) groups is 1.